The number of hydrogen-bond donors (Lipinski definition) is 0. The van der Waals surface area contributed by atoms with E-state index in [1.165, 1.54) is 61.6 Å². The van der Waals surface area contributed by atoms with E-state index in [2.05, 4.69) is 104 Å². The summed E-state index contributed by atoms with van der Waals surface area (Å²) >= 11 is 0. The lowest BCUT2D eigenvalue weighted by Crippen LogP contribution is -2.44. The van der Waals surface area contributed by atoms with Gasteiger partial charge in [0.05, 0.1) is 29.8 Å². The average Bonchev–Trinajstić information content (AvgIpc) is 3.19. The molecule has 0 bridgehead atoms. The molecule has 0 N–H and O–H groups in total. The van der Waals surface area contributed by atoms with Gasteiger partial charge in [0.1, 0.15) is 0 Å². The first kappa shape index (κ1) is 19.2. The minimum Gasteiger partial charge on any atom is -0.344 e. The van der Waals surface area contributed by atoms with Gasteiger partial charge in [-0.1, -0.05) is 78.8 Å². The molecular weight excluding hydrogens is 400 g/mol. The van der Waals surface area contributed by atoms with Gasteiger partial charge in [-0.2, -0.15) is 0 Å². The highest BCUT2D eigenvalue weighted by atomic mass is 15.4. The van der Waals surface area contributed by atoms with Crippen molar-refractivity contribution in [2.45, 2.75) is 40.2 Å². The van der Waals surface area contributed by atoms with Crippen LogP contribution in [0.5, 0.6) is 0 Å². The first-order valence-corrected chi connectivity index (χ1v) is 12.3. The molecule has 2 aromatic carbocycles. The molecule has 164 valence electrons. The molecule has 7 rings (SSSR count). The van der Waals surface area contributed by atoms with Crippen molar-refractivity contribution < 1.29 is 0 Å². The molecule has 0 saturated heterocycles. The van der Waals surface area contributed by atoms with Gasteiger partial charge in [0.25, 0.3) is 0 Å². The first-order chi connectivity index (χ1) is 16.0. The van der Waals surface area contributed by atoms with E-state index in [0.29, 0.717) is 17.9 Å². The van der Waals surface area contributed by atoms with Crippen molar-refractivity contribution in [1.29, 1.82) is 0 Å². The molecule has 33 heavy (non-hydrogen) atoms. The molecule has 3 atom stereocenters. The lowest BCUT2D eigenvalue weighted by atomic mass is 9.75. The maximum atomic E-state index is 2.72. The molecule has 0 spiro atoms. The third kappa shape index (κ3) is 2.50. The number of anilines is 1. The summed E-state index contributed by atoms with van der Waals surface area (Å²) in [4.78, 5) is 5.39. The fourth-order valence-corrected chi connectivity index (χ4v) is 7.14. The fourth-order valence-electron chi connectivity index (χ4n) is 7.14. The Balaban J connectivity index is 1.55. The SMILES string of the molecule is CC1=C[C@@H](C)C2C(=C1)c1ccccc1C1=C3C4CC=CC=C4c4cc(C)cc(C)c4N3CN12. The number of nitrogens with zero attached hydrogens (tertiary/aromatic N) is 2. The van der Waals surface area contributed by atoms with E-state index in [1.807, 2.05) is 0 Å². The van der Waals surface area contributed by atoms with Crippen LogP contribution in [0, 0.1) is 25.7 Å². The lowest BCUT2D eigenvalue weighted by molar-refractivity contribution is 0.315. The van der Waals surface area contributed by atoms with E-state index in [9.17, 15) is 0 Å². The van der Waals surface area contributed by atoms with E-state index in [1.54, 1.807) is 0 Å². The maximum Gasteiger partial charge on any atom is 0.0956 e. The molecule has 2 nitrogen and oxygen atoms in total. The van der Waals surface area contributed by atoms with Gasteiger partial charge in [0.2, 0.25) is 0 Å². The van der Waals surface area contributed by atoms with E-state index >= 15 is 0 Å². The topological polar surface area (TPSA) is 6.48 Å². The standard InChI is InChI=1S/C31H30N2/c1-18-13-20(3)28-26(15-18)22-9-5-7-11-24(22)30-31-25-12-8-6-10-23(25)27-16-19(2)14-21(4)29(27)33(31)17-32(28)30/h5-11,13-16,20,25,28H,12,17H2,1-4H3/t20-,25?,28?/m1/s1. The normalized spacial score (nSPS) is 26.4. The Kier molecular flexibility index (Phi) is 3.87. The van der Waals surface area contributed by atoms with Crippen LogP contribution in [0.15, 0.2) is 78.0 Å². The summed E-state index contributed by atoms with van der Waals surface area (Å²) in [6.45, 7) is 10.1. The van der Waals surface area contributed by atoms with Gasteiger partial charge in [0.15, 0.2) is 0 Å². The van der Waals surface area contributed by atoms with Gasteiger partial charge in [-0.15, -0.1) is 0 Å². The molecule has 3 heterocycles. The Hall–Kier alpha value is -3.26. The molecule has 2 aliphatic carbocycles. The van der Waals surface area contributed by atoms with Crippen molar-refractivity contribution in [3.8, 4) is 0 Å². The summed E-state index contributed by atoms with van der Waals surface area (Å²) in [6.07, 6.45) is 12.9. The summed E-state index contributed by atoms with van der Waals surface area (Å²) in [6, 6.07) is 14.3. The second kappa shape index (κ2) is 6.63. The number of aryl methyl sites for hydroxylation is 2. The van der Waals surface area contributed by atoms with Crippen LogP contribution in [0.25, 0.3) is 16.8 Å². The third-order valence-electron chi connectivity index (χ3n) is 8.18. The van der Waals surface area contributed by atoms with Gasteiger partial charge in [-0.3, -0.25) is 0 Å². The molecule has 5 aliphatic rings. The Morgan fingerprint density at radius 3 is 2.61 bits per heavy atom. The molecular formula is C31H30N2. The zero-order chi connectivity index (χ0) is 22.4. The summed E-state index contributed by atoms with van der Waals surface area (Å²) in [7, 11) is 0. The molecule has 0 amide bonds. The zero-order valence-corrected chi connectivity index (χ0v) is 19.9. The Labute approximate surface area is 196 Å². The summed E-state index contributed by atoms with van der Waals surface area (Å²) in [5.41, 5.74) is 15.7. The average molecular weight is 431 g/mol. The molecule has 0 radical (unpaired) electrons. The van der Waals surface area contributed by atoms with Gasteiger partial charge in [0, 0.05) is 17.0 Å². The summed E-state index contributed by atoms with van der Waals surface area (Å²) in [5, 5.41) is 0. The maximum absolute atomic E-state index is 2.72. The van der Waals surface area contributed by atoms with E-state index in [-0.39, 0.29) is 0 Å². The monoisotopic (exact) mass is 430 g/mol. The number of benzene rings is 2. The van der Waals surface area contributed by atoms with Gasteiger partial charge < -0.3 is 9.80 Å². The van der Waals surface area contributed by atoms with Crippen LogP contribution in [0.3, 0.4) is 0 Å². The molecule has 3 aliphatic heterocycles. The highest BCUT2D eigenvalue weighted by Gasteiger charge is 2.48. The number of fused-ring (bicyclic) bond motifs is 12. The van der Waals surface area contributed by atoms with Crippen LogP contribution in [0.2, 0.25) is 0 Å². The number of rotatable bonds is 0. The predicted molar refractivity (Wildman–Crippen MR) is 138 cm³/mol. The second-order valence-corrected chi connectivity index (χ2v) is 10.4. The predicted octanol–water partition coefficient (Wildman–Crippen LogP) is 7.09. The molecule has 2 unspecified atom stereocenters. The lowest BCUT2D eigenvalue weighted by Gasteiger charge is -2.43. The van der Waals surface area contributed by atoms with Crippen molar-refractivity contribution in [2.24, 2.45) is 11.8 Å². The second-order valence-electron chi connectivity index (χ2n) is 10.4. The number of allylic oxidation sites excluding steroid dienone is 6. The minimum absolute atomic E-state index is 0.387. The fraction of sp³-hybridized carbons (Fsp3) is 0.290. The molecule has 0 aromatic heterocycles. The van der Waals surface area contributed by atoms with Crippen molar-refractivity contribution in [3.63, 3.8) is 0 Å². The first-order valence-electron chi connectivity index (χ1n) is 12.3. The van der Waals surface area contributed by atoms with Crippen LogP contribution < -0.4 is 4.90 Å². The largest absolute Gasteiger partial charge is 0.344 e. The van der Waals surface area contributed by atoms with Gasteiger partial charge in [-0.25, -0.2) is 0 Å². The Morgan fingerprint density at radius 2 is 1.76 bits per heavy atom. The molecule has 2 heteroatoms. The van der Waals surface area contributed by atoms with Crippen LogP contribution in [-0.2, 0) is 0 Å². The highest BCUT2D eigenvalue weighted by molar-refractivity contribution is 5.97. The molecule has 0 fully saturated rings. The van der Waals surface area contributed by atoms with Crippen LogP contribution >= 0.6 is 0 Å². The van der Waals surface area contributed by atoms with E-state index < -0.39 is 0 Å². The summed E-state index contributed by atoms with van der Waals surface area (Å²) < 4.78 is 0. The Bertz CT molecular complexity index is 1380. The van der Waals surface area contributed by atoms with E-state index in [4.69, 9.17) is 0 Å². The van der Waals surface area contributed by atoms with Crippen molar-refractivity contribution in [3.05, 3.63) is 106 Å². The van der Waals surface area contributed by atoms with Gasteiger partial charge in [-0.05, 0) is 61.4 Å². The van der Waals surface area contributed by atoms with Gasteiger partial charge >= 0.3 is 0 Å². The van der Waals surface area contributed by atoms with Crippen molar-refractivity contribution in [1.82, 2.24) is 4.90 Å². The van der Waals surface area contributed by atoms with Crippen molar-refractivity contribution in [2.75, 3.05) is 11.6 Å². The minimum atomic E-state index is 0.387. The molecule has 0 saturated carbocycles. The van der Waals surface area contributed by atoms with Crippen molar-refractivity contribution >= 4 is 22.5 Å². The summed E-state index contributed by atoms with van der Waals surface area (Å²) in [5.74, 6) is 0.897. The quantitative estimate of drug-likeness (QED) is 0.440. The number of hydrogen-bond acceptors (Lipinski definition) is 2. The highest BCUT2D eigenvalue weighted by Crippen LogP contribution is 2.57. The molecule has 2 aromatic rings. The Morgan fingerprint density at radius 1 is 0.939 bits per heavy atom. The smallest absolute Gasteiger partial charge is 0.0956 e. The van der Waals surface area contributed by atoms with E-state index in [0.717, 1.165) is 13.1 Å². The zero-order valence-electron chi connectivity index (χ0n) is 19.9. The van der Waals surface area contributed by atoms with Crippen LogP contribution in [0.4, 0.5) is 5.69 Å². The van der Waals surface area contributed by atoms with Crippen LogP contribution in [-0.4, -0.2) is 17.6 Å². The van der Waals surface area contributed by atoms with Crippen LogP contribution in [0.1, 0.15) is 48.1 Å². The third-order valence-corrected chi connectivity index (χ3v) is 8.18.